The molecule has 1 aromatic rings. The molecule has 0 aliphatic carbocycles. The van der Waals surface area contributed by atoms with Gasteiger partial charge in [0.1, 0.15) is 13.2 Å². The van der Waals surface area contributed by atoms with Gasteiger partial charge in [-0.05, 0) is 39.0 Å². The van der Waals surface area contributed by atoms with Gasteiger partial charge in [-0.25, -0.2) is 4.39 Å². The first kappa shape index (κ1) is 15.5. The zero-order valence-electron chi connectivity index (χ0n) is 11.5. The molecule has 0 aliphatic heterocycles. The van der Waals surface area contributed by atoms with Gasteiger partial charge in [0.15, 0.2) is 11.6 Å². The highest BCUT2D eigenvalue weighted by Crippen LogP contribution is 2.18. The van der Waals surface area contributed by atoms with Crippen LogP contribution in [-0.2, 0) is 4.74 Å². The molecule has 1 rings (SSSR count). The number of rotatable bonds is 4. The molecule has 19 heavy (non-hydrogen) atoms. The SMILES string of the molecule is CC(C)(C)OCCOc1cc(C#CCO)ccc1F. The molecule has 104 valence electrons. The smallest absolute Gasteiger partial charge is 0.165 e. The van der Waals surface area contributed by atoms with Crippen molar-refractivity contribution in [3.05, 3.63) is 29.6 Å². The highest BCUT2D eigenvalue weighted by Gasteiger charge is 2.10. The Labute approximate surface area is 113 Å². The van der Waals surface area contributed by atoms with Gasteiger partial charge in [-0.15, -0.1) is 0 Å². The van der Waals surface area contributed by atoms with Crippen molar-refractivity contribution in [3.63, 3.8) is 0 Å². The summed E-state index contributed by atoms with van der Waals surface area (Å²) in [6.07, 6.45) is 0. The molecule has 1 aromatic carbocycles. The Hall–Kier alpha value is -1.57. The van der Waals surface area contributed by atoms with Crippen LogP contribution in [0.3, 0.4) is 0 Å². The van der Waals surface area contributed by atoms with Crippen LogP contribution in [0, 0.1) is 17.7 Å². The normalized spacial score (nSPS) is 10.8. The lowest BCUT2D eigenvalue weighted by atomic mass is 10.2. The molecular formula is C15H19FO3. The number of hydrogen-bond acceptors (Lipinski definition) is 3. The Bertz CT molecular complexity index is 467. The van der Waals surface area contributed by atoms with Crippen LogP contribution in [0.5, 0.6) is 5.75 Å². The molecule has 0 fully saturated rings. The molecule has 0 radical (unpaired) electrons. The number of ether oxygens (including phenoxy) is 2. The van der Waals surface area contributed by atoms with Crippen molar-refractivity contribution >= 4 is 0 Å². The van der Waals surface area contributed by atoms with Gasteiger partial charge in [0.25, 0.3) is 0 Å². The Balaban J connectivity index is 2.57. The van der Waals surface area contributed by atoms with Crippen molar-refractivity contribution in [2.45, 2.75) is 26.4 Å². The standard InChI is InChI=1S/C15H19FO3/c1-15(2,3)19-10-9-18-14-11-12(5-4-8-17)6-7-13(14)16/h6-7,11,17H,8-10H2,1-3H3. The molecule has 0 aliphatic rings. The second-order valence-electron chi connectivity index (χ2n) is 4.91. The summed E-state index contributed by atoms with van der Waals surface area (Å²) in [4.78, 5) is 0. The Morgan fingerprint density at radius 1 is 1.26 bits per heavy atom. The number of halogens is 1. The van der Waals surface area contributed by atoms with Crippen LogP contribution in [0.25, 0.3) is 0 Å². The van der Waals surface area contributed by atoms with Crippen molar-refractivity contribution in [1.29, 1.82) is 0 Å². The van der Waals surface area contributed by atoms with Crippen LogP contribution in [0.4, 0.5) is 4.39 Å². The zero-order valence-corrected chi connectivity index (χ0v) is 11.5. The van der Waals surface area contributed by atoms with Gasteiger partial charge in [-0.2, -0.15) is 0 Å². The number of aliphatic hydroxyl groups excluding tert-OH is 1. The summed E-state index contributed by atoms with van der Waals surface area (Å²) in [5.74, 6) is 4.90. The van der Waals surface area contributed by atoms with Gasteiger partial charge in [-0.3, -0.25) is 0 Å². The third kappa shape index (κ3) is 6.23. The van der Waals surface area contributed by atoms with Crippen molar-refractivity contribution in [2.75, 3.05) is 19.8 Å². The van der Waals surface area contributed by atoms with Gasteiger partial charge in [0.2, 0.25) is 0 Å². The predicted octanol–water partition coefficient (Wildman–Crippen LogP) is 2.36. The fraction of sp³-hybridized carbons (Fsp3) is 0.467. The molecular weight excluding hydrogens is 247 g/mol. The Morgan fingerprint density at radius 2 is 2.00 bits per heavy atom. The van der Waals surface area contributed by atoms with E-state index in [-0.39, 0.29) is 24.6 Å². The van der Waals surface area contributed by atoms with Crippen molar-refractivity contribution in [2.24, 2.45) is 0 Å². The first-order chi connectivity index (χ1) is 8.92. The summed E-state index contributed by atoms with van der Waals surface area (Å²) in [5.41, 5.74) is 0.360. The van der Waals surface area contributed by atoms with Gasteiger partial charge < -0.3 is 14.6 Å². The van der Waals surface area contributed by atoms with Crippen LogP contribution in [-0.4, -0.2) is 30.5 Å². The maximum atomic E-state index is 13.5. The summed E-state index contributed by atoms with van der Waals surface area (Å²) < 4.78 is 24.3. The molecule has 0 spiro atoms. The predicted molar refractivity (Wildman–Crippen MR) is 71.6 cm³/mol. The van der Waals surface area contributed by atoms with Gasteiger partial charge in [-0.1, -0.05) is 11.8 Å². The maximum absolute atomic E-state index is 13.5. The van der Waals surface area contributed by atoms with E-state index in [1.165, 1.54) is 18.2 Å². The topological polar surface area (TPSA) is 38.7 Å². The molecule has 0 bridgehead atoms. The molecule has 1 N–H and O–H groups in total. The Kier molecular flexibility index (Phi) is 5.81. The first-order valence-corrected chi connectivity index (χ1v) is 6.08. The average Bonchev–Trinajstić information content (AvgIpc) is 2.33. The minimum atomic E-state index is -0.440. The fourth-order valence-corrected chi connectivity index (χ4v) is 1.33. The third-order valence-electron chi connectivity index (χ3n) is 2.12. The third-order valence-corrected chi connectivity index (χ3v) is 2.12. The maximum Gasteiger partial charge on any atom is 0.165 e. The van der Waals surface area contributed by atoms with E-state index in [1.54, 1.807) is 0 Å². The molecule has 0 heterocycles. The lowest BCUT2D eigenvalue weighted by Gasteiger charge is -2.19. The van der Waals surface area contributed by atoms with Crippen molar-refractivity contribution in [1.82, 2.24) is 0 Å². The molecule has 0 aromatic heterocycles. The van der Waals surface area contributed by atoms with E-state index in [2.05, 4.69) is 11.8 Å². The number of hydrogen-bond donors (Lipinski definition) is 1. The summed E-state index contributed by atoms with van der Waals surface area (Å²) >= 11 is 0. The van der Waals surface area contributed by atoms with Gasteiger partial charge >= 0.3 is 0 Å². The van der Waals surface area contributed by atoms with Crippen LogP contribution >= 0.6 is 0 Å². The van der Waals surface area contributed by atoms with Crippen LogP contribution < -0.4 is 4.74 Å². The zero-order chi connectivity index (χ0) is 14.3. The second-order valence-corrected chi connectivity index (χ2v) is 4.91. The molecule has 0 unspecified atom stereocenters. The van der Waals surface area contributed by atoms with E-state index in [1.807, 2.05) is 20.8 Å². The van der Waals surface area contributed by atoms with Gasteiger partial charge in [0.05, 0.1) is 12.2 Å². The van der Waals surface area contributed by atoms with E-state index < -0.39 is 5.82 Å². The van der Waals surface area contributed by atoms with E-state index in [0.717, 1.165) is 0 Å². The monoisotopic (exact) mass is 266 g/mol. The van der Waals surface area contributed by atoms with E-state index in [0.29, 0.717) is 12.2 Å². The van der Waals surface area contributed by atoms with E-state index in [9.17, 15) is 4.39 Å². The highest BCUT2D eigenvalue weighted by atomic mass is 19.1. The van der Waals surface area contributed by atoms with Crippen molar-refractivity contribution < 1.29 is 19.0 Å². The summed E-state index contributed by atoms with van der Waals surface area (Å²) in [5, 5.41) is 8.61. The lowest BCUT2D eigenvalue weighted by Crippen LogP contribution is -2.22. The lowest BCUT2D eigenvalue weighted by molar-refractivity contribution is -0.0166. The largest absolute Gasteiger partial charge is 0.488 e. The molecule has 0 amide bonds. The van der Waals surface area contributed by atoms with E-state index >= 15 is 0 Å². The summed E-state index contributed by atoms with van der Waals surface area (Å²) in [6.45, 7) is 6.25. The second kappa shape index (κ2) is 7.13. The molecule has 4 heteroatoms. The summed E-state index contributed by atoms with van der Waals surface area (Å²) in [6, 6.07) is 4.34. The molecule has 3 nitrogen and oxygen atoms in total. The van der Waals surface area contributed by atoms with Crippen molar-refractivity contribution in [3.8, 4) is 17.6 Å². The van der Waals surface area contributed by atoms with Gasteiger partial charge in [0, 0.05) is 5.56 Å². The average molecular weight is 266 g/mol. The van der Waals surface area contributed by atoms with Crippen LogP contribution in [0.1, 0.15) is 26.3 Å². The van der Waals surface area contributed by atoms with Crippen LogP contribution in [0.2, 0.25) is 0 Å². The fourth-order valence-electron chi connectivity index (χ4n) is 1.33. The molecule has 0 saturated heterocycles. The first-order valence-electron chi connectivity index (χ1n) is 6.08. The Morgan fingerprint density at radius 3 is 2.63 bits per heavy atom. The minimum Gasteiger partial charge on any atom is -0.488 e. The number of aliphatic hydroxyl groups is 1. The molecule has 0 saturated carbocycles. The van der Waals surface area contributed by atoms with E-state index in [4.69, 9.17) is 14.6 Å². The highest BCUT2D eigenvalue weighted by molar-refractivity contribution is 5.40. The quantitative estimate of drug-likeness (QED) is 0.671. The van der Waals surface area contributed by atoms with Crippen LogP contribution in [0.15, 0.2) is 18.2 Å². The summed E-state index contributed by atoms with van der Waals surface area (Å²) in [7, 11) is 0. The minimum absolute atomic E-state index is 0.141. The number of benzene rings is 1. The molecule has 0 atom stereocenters.